The van der Waals surface area contributed by atoms with Crippen LogP contribution in [0.15, 0.2) is 24.3 Å². The molecule has 1 atom stereocenters. The average Bonchev–Trinajstić information content (AvgIpc) is 2.37. The number of ether oxygens (including phenoxy) is 1. The Labute approximate surface area is 118 Å². The second-order valence-electron chi connectivity index (χ2n) is 4.70. The molecule has 0 saturated carbocycles. The van der Waals surface area contributed by atoms with Crippen LogP contribution in [-0.4, -0.2) is 28.9 Å². The summed E-state index contributed by atoms with van der Waals surface area (Å²) in [6.45, 7) is -0.0994. The van der Waals surface area contributed by atoms with Gasteiger partial charge in [0.2, 0.25) is 0 Å². The first-order valence-corrected chi connectivity index (χ1v) is 6.96. The Morgan fingerprint density at radius 2 is 2.10 bits per heavy atom. The van der Waals surface area contributed by atoms with Gasteiger partial charge in [0.05, 0.1) is 0 Å². The summed E-state index contributed by atoms with van der Waals surface area (Å²) in [5.41, 5.74) is -4.90. The van der Waals surface area contributed by atoms with E-state index in [0.717, 1.165) is 5.56 Å². The molecule has 3 nitrogen and oxygen atoms in total. The molecule has 1 unspecified atom stereocenters. The molecule has 0 amide bonds. The van der Waals surface area contributed by atoms with E-state index in [1.54, 1.807) is 24.3 Å². The third-order valence-corrected chi connectivity index (χ3v) is 4.04. The van der Waals surface area contributed by atoms with Crippen molar-refractivity contribution in [3.63, 3.8) is 0 Å². The maximum Gasteiger partial charge on any atom is 0.441 e. The Bertz CT molecular complexity index is 504. The number of thioether (sulfide) groups is 1. The molecule has 0 aliphatic carbocycles. The number of benzene rings is 1. The summed E-state index contributed by atoms with van der Waals surface area (Å²) in [5, 5.41) is 9.37. The smallest absolute Gasteiger partial charge is 0.441 e. The molecular weight excluding hydrogens is 293 g/mol. The Balaban J connectivity index is 2.11. The van der Waals surface area contributed by atoms with Gasteiger partial charge in [-0.3, -0.25) is 4.79 Å². The molecule has 1 N–H and O–H groups in total. The molecule has 2 rings (SSSR count). The monoisotopic (exact) mass is 306 g/mol. The van der Waals surface area contributed by atoms with E-state index in [1.165, 1.54) is 0 Å². The van der Waals surface area contributed by atoms with Crippen LogP contribution in [0.1, 0.15) is 12.0 Å². The fraction of sp³-hybridized carbons (Fsp3) is 0.462. The minimum absolute atomic E-state index is 0.0825. The van der Waals surface area contributed by atoms with Crippen molar-refractivity contribution < 1.29 is 27.8 Å². The van der Waals surface area contributed by atoms with Crippen molar-refractivity contribution in [2.75, 3.05) is 12.4 Å². The number of carbonyl (C=O) groups is 1. The van der Waals surface area contributed by atoms with E-state index < -0.39 is 16.9 Å². The third kappa shape index (κ3) is 3.39. The zero-order chi connectivity index (χ0) is 14.8. The van der Waals surface area contributed by atoms with Gasteiger partial charge in [-0.1, -0.05) is 30.0 Å². The van der Waals surface area contributed by atoms with Crippen LogP contribution in [0, 0.1) is 5.41 Å². The Kier molecular flexibility index (Phi) is 4.17. The highest BCUT2D eigenvalue weighted by atomic mass is 32.2. The van der Waals surface area contributed by atoms with Gasteiger partial charge in [0.15, 0.2) is 0 Å². The number of halogens is 3. The fourth-order valence-corrected chi connectivity index (χ4v) is 2.91. The van der Waals surface area contributed by atoms with Gasteiger partial charge in [0.25, 0.3) is 0 Å². The maximum absolute atomic E-state index is 12.2. The normalized spacial score (nSPS) is 21.9. The molecule has 20 heavy (non-hydrogen) atoms. The number of para-hydroxylation sites is 1. The van der Waals surface area contributed by atoms with Crippen LogP contribution in [0.3, 0.4) is 0 Å². The van der Waals surface area contributed by atoms with Gasteiger partial charge in [-0.15, -0.1) is 0 Å². The summed E-state index contributed by atoms with van der Waals surface area (Å²) in [6, 6.07) is 6.99. The van der Waals surface area contributed by atoms with Crippen molar-refractivity contribution in [2.24, 2.45) is 5.41 Å². The lowest BCUT2D eigenvalue weighted by Crippen LogP contribution is -2.42. The molecule has 0 fully saturated rings. The highest BCUT2D eigenvalue weighted by Gasteiger charge is 2.43. The van der Waals surface area contributed by atoms with Crippen molar-refractivity contribution in [3.05, 3.63) is 29.8 Å². The van der Waals surface area contributed by atoms with Gasteiger partial charge in [-0.25, -0.2) is 0 Å². The average molecular weight is 306 g/mol. The molecule has 1 aromatic rings. The van der Waals surface area contributed by atoms with Crippen LogP contribution < -0.4 is 4.74 Å². The highest BCUT2D eigenvalue weighted by molar-refractivity contribution is 8.00. The predicted molar refractivity (Wildman–Crippen MR) is 68.8 cm³/mol. The second kappa shape index (κ2) is 5.55. The molecule has 1 aliphatic heterocycles. The predicted octanol–water partition coefficient (Wildman–Crippen LogP) is 3.34. The van der Waals surface area contributed by atoms with Crippen molar-refractivity contribution in [2.45, 2.75) is 18.3 Å². The first-order chi connectivity index (χ1) is 9.32. The van der Waals surface area contributed by atoms with E-state index in [2.05, 4.69) is 0 Å². The van der Waals surface area contributed by atoms with Crippen LogP contribution in [0.5, 0.6) is 5.75 Å². The van der Waals surface area contributed by atoms with E-state index in [0.29, 0.717) is 5.75 Å². The first-order valence-electron chi connectivity index (χ1n) is 5.97. The number of carboxylic acids is 1. The largest absolute Gasteiger partial charge is 0.492 e. The minimum Gasteiger partial charge on any atom is -0.492 e. The molecule has 0 saturated heterocycles. The molecule has 7 heteroatoms. The van der Waals surface area contributed by atoms with E-state index >= 15 is 0 Å². The molecule has 110 valence electrons. The highest BCUT2D eigenvalue weighted by Crippen LogP contribution is 2.40. The van der Waals surface area contributed by atoms with Gasteiger partial charge in [0.1, 0.15) is 17.8 Å². The summed E-state index contributed by atoms with van der Waals surface area (Å²) >= 11 is -0.194. The molecule has 0 radical (unpaired) electrons. The molecule has 1 heterocycles. The number of alkyl halides is 3. The number of hydrogen-bond donors (Lipinski definition) is 1. The van der Waals surface area contributed by atoms with Crippen molar-refractivity contribution in [1.29, 1.82) is 0 Å². The zero-order valence-electron chi connectivity index (χ0n) is 10.4. The Morgan fingerprint density at radius 1 is 1.40 bits per heavy atom. The SMILES string of the molecule is O=C(O)C1(CCSC(F)(F)F)COc2ccccc2C1. The first kappa shape index (κ1) is 15.0. The van der Waals surface area contributed by atoms with Crippen molar-refractivity contribution >= 4 is 17.7 Å². The summed E-state index contributed by atoms with van der Waals surface area (Å²) < 4.78 is 41.9. The molecule has 1 aromatic carbocycles. The second-order valence-corrected chi connectivity index (χ2v) is 5.86. The molecular formula is C13H13F3O3S. The van der Waals surface area contributed by atoms with E-state index in [-0.39, 0.29) is 37.0 Å². The quantitative estimate of drug-likeness (QED) is 0.927. The summed E-state index contributed by atoms with van der Waals surface area (Å²) in [6.07, 6.45) is 0.109. The van der Waals surface area contributed by atoms with Crippen LogP contribution in [-0.2, 0) is 11.2 Å². The van der Waals surface area contributed by atoms with Crippen LogP contribution in [0.2, 0.25) is 0 Å². The molecule has 0 bridgehead atoms. The third-order valence-electron chi connectivity index (χ3n) is 3.31. The lowest BCUT2D eigenvalue weighted by Gasteiger charge is -2.34. The summed E-state index contributed by atoms with van der Waals surface area (Å²) in [7, 11) is 0. The van der Waals surface area contributed by atoms with Gasteiger partial charge >= 0.3 is 11.5 Å². The molecule has 0 aromatic heterocycles. The summed E-state index contributed by atoms with van der Waals surface area (Å²) in [5.74, 6) is -0.802. The van der Waals surface area contributed by atoms with Crippen LogP contribution in [0.4, 0.5) is 13.2 Å². The zero-order valence-corrected chi connectivity index (χ0v) is 11.3. The van der Waals surface area contributed by atoms with Gasteiger partial charge in [-0.05, 0) is 24.5 Å². The standard InChI is InChI=1S/C13H13F3O3S/c14-13(15,16)20-6-5-12(11(17)18)7-9-3-1-2-4-10(9)19-8-12/h1-4H,5-8H2,(H,17,18). The number of aliphatic carboxylic acids is 1. The van der Waals surface area contributed by atoms with Crippen LogP contribution in [0.25, 0.3) is 0 Å². The van der Waals surface area contributed by atoms with E-state index in [4.69, 9.17) is 4.74 Å². The molecule has 0 spiro atoms. The Hall–Kier alpha value is -1.37. The summed E-state index contributed by atoms with van der Waals surface area (Å²) in [4.78, 5) is 11.5. The van der Waals surface area contributed by atoms with Crippen LogP contribution >= 0.6 is 11.8 Å². The lowest BCUT2D eigenvalue weighted by molar-refractivity contribution is -0.152. The minimum atomic E-state index is -4.34. The fourth-order valence-electron chi connectivity index (χ4n) is 2.19. The van der Waals surface area contributed by atoms with Gasteiger partial charge in [0, 0.05) is 5.75 Å². The number of carboxylic acid groups (broad SMARTS) is 1. The Morgan fingerprint density at radius 3 is 2.75 bits per heavy atom. The van der Waals surface area contributed by atoms with Crippen molar-refractivity contribution in [1.82, 2.24) is 0 Å². The number of fused-ring (bicyclic) bond motifs is 1. The lowest BCUT2D eigenvalue weighted by atomic mass is 9.78. The maximum atomic E-state index is 12.2. The van der Waals surface area contributed by atoms with E-state index in [1.807, 2.05) is 0 Å². The van der Waals surface area contributed by atoms with Crippen molar-refractivity contribution in [3.8, 4) is 5.75 Å². The van der Waals surface area contributed by atoms with Gasteiger partial charge < -0.3 is 9.84 Å². The van der Waals surface area contributed by atoms with E-state index in [9.17, 15) is 23.1 Å². The topological polar surface area (TPSA) is 46.5 Å². The number of hydrogen-bond acceptors (Lipinski definition) is 3. The number of rotatable bonds is 4. The van der Waals surface area contributed by atoms with Gasteiger partial charge in [-0.2, -0.15) is 13.2 Å². The molecule has 1 aliphatic rings.